The predicted molar refractivity (Wildman–Crippen MR) is 92.5 cm³/mol. The van der Waals surface area contributed by atoms with E-state index in [9.17, 15) is 4.79 Å². The number of nitrogens with zero attached hydrogens (tertiary/aromatic N) is 3. The average molecular weight is 327 g/mol. The fourth-order valence-electron chi connectivity index (χ4n) is 3.44. The first-order chi connectivity index (χ1) is 11.5. The van der Waals surface area contributed by atoms with Crippen LogP contribution in [0.2, 0.25) is 0 Å². The normalized spacial score (nSPS) is 25.2. The van der Waals surface area contributed by atoms with Crippen LogP contribution in [0.15, 0.2) is 36.9 Å². The molecular formula is C18H25N5O. The minimum Gasteiger partial charge on any atom is -0.349 e. The molecule has 3 rings (SSSR count). The highest BCUT2D eigenvalue weighted by atomic mass is 16.2. The van der Waals surface area contributed by atoms with Crippen molar-refractivity contribution in [3.63, 3.8) is 0 Å². The van der Waals surface area contributed by atoms with Crippen molar-refractivity contribution in [2.75, 3.05) is 0 Å². The molecule has 0 spiro atoms. The van der Waals surface area contributed by atoms with E-state index in [4.69, 9.17) is 5.73 Å². The summed E-state index contributed by atoms with van der Waals surface area (Å²) < 4.78 is 1.70. The number of carbonyl (C=O) groups excluding carboxylic acids is 1. The third kappa shape index (κ3) is 3.48. The highest BCUT2D eigenvalue weighted by Gasteiger charge is 2.38. The molecule has 0 saturated heterocycles. The van der Waals surface area contributed by atoms with Gasteiger partial charge in [-0.05, 0) is 44.4 Å². The molecule has 1 aliphatic carbocycles. The Hall–Kier alpha value is -2.21. The Morgan fingerprint density at radius 3 is 2.75 bits per heavy atom. The van der Waals surface area contributed by atoms with Crippen LogP contribution in [0.3, 0.4) is 0 Å². The SMILES string of the molecule is CC(NC(=O)C1CCCCC1(C)N)c1ccc(-n2cncn2)cc1. The van der Waals surface area contributed by atoms with Crippen LogP contribution in [0.25, 0.3) is 5.69 Å². The van der Waals surface area contributed by atoms with Crippen LogP contribution in [-0.4, -0.2) is 26.2 Å². The van der Waals surface area contributed by atoms with Gasteiger partial charge in [0.1, 0.15) is 12.7 Å². The number of benzene rings is 1. The summed E-state index contributed by atoms with van der Waals surface area (Å²) >= 11 is 0. The highest BCUT2D eigenvalue weighted by Crippen LogP contribution is 2.32. The number of rotatable bonds is 4. The lowest BCUT2D eigenvalue weighted by molar-refractivity contribution is -0.128. The standard InChI is InChI=1S/C18H25N5O/c1-13(22-17(24)16-5-3-4-10-18(16,2)19)14-6-8-15(9-7-14)23-12-20-11-21-23/h6-9,11-13,16H,3-5,10,19H2,1-2H3,(H,22,24). The average Bonchev–Trinajstić information content (AvgIpc) is 3.09. The Kier molecular flexibility index (Phi) is 4.66. The molecule has 6 nitrogen and oxygen atoms in total. The Labute approximate surface area is 142 Å². The zero-order chi connectivity index (χ0) is 17.2. The van der Waals surface area contributed by atoms with Gasteiger partial charge < -0.3 is 11.1 Å². The Balaban J connectivity index is 1.66. The van der Waals surface area contributed by atoms with E-state index in [0.29, 0.717) is 0 Å². The molecule has 1 fully saturated rings. The van der Waals surface area contributed by atoms with Gasteiger partial charge in [-0.2, -0.15) is 5.10 Å². The molecule has 0 radical (unpaired) electrons. The zero-order valence-electron chi connectivity index (χ0n) is 14.3. The molecule has 3 unspecified atom stereocenters. The van der Waals surface area contributed by atoms with Crippen molar-refractivity contribution in [3.8, 4) is 5.69 Å². The topological polar surface area (TPSA) is 85.8 Å². The van der Waals surface area contributed by atoms with Gasteiger partial charge >= 0.3 is 0 Å². The van der Waals surface area contributed by atoms with Crippen molar-refractivity contribution in [1.82, 2.24) is 20.1 Å². The maximum Gasteiger partial charge on any atom is 0.225 e. The number of nitrogens with one attached hydrogen (secondary N) is 1. The molecule has 128 valence electrons. The highest BCUT2D eigenvalue weighted by molar-refractivity contribution is 5.80. The van der Waals surface area contributed by atoms with Crippen LogP contribution >= 0.6 is 0 Å². The molecule has 6 heteroatoms. The molecule has 1 heterocycles. The van der Waals surface area contributed by atoms with E-state index in [1.165, 1.54) is 6.33 Å². The maximum absolute atomic E-state index is 12.6. The van der Waals surface area contributed by atoms with Gasteiger partial charge in [-0.1, -0.05) is 25.0 Å². The van der Waals surface area contributed by atoms with Crippen LogP contribution in [0.4, 0.5) is 0 Å². The van der Waals surface area contributed by atoms with Crippen molar-refractivity contribution in [2.45, 2.75) is 51.1 Å². The number of hydrogen-bond donors (Lipinski definition) is 2. The van der Waals surface area contributed by atoms with Crippen LogP contribution < -0.4 is 11.1 Å². The van der Waals surface area contributed by atoms with Gasteiger partial charge in [0.05, 0.1) is 17.6 Å². The van der Waals surface area contributed by atoms with Gasteiger partial charge in [-0.25, -0.2) is 9.67 Å². The van der Waals surface area contributed by atoms with Gasteiger partial charge in [0.2, 0.25) is 5.91 Å². The number of aromatic nitrogens is 3. The zero-order valence-corrected chi connectivity index (χ0v) is 14.3. The van der Waals surface area contributed by atoms with E-state index in [-0.39, 0.29) is 17.9 Å². The Morgan fingerprint density at radius 2 is 2.12 bits per heavy atom. The molecule has 1 amide bonds. The summed E-state index contributed by atoms with van der Waals surface area (Å²) in [6.45, 7) is 3.99. The van der Waals surface area contributed by atoms with E-state index in [2.05, 4.69) is 15.4 Å². The van der Waals surface area contributed by atoms with E-state index < -0.39 is 5.54 Å². The van der Waals surface area contributed by atoms with E-state index in [0.717, 1.165) is 36.9 Å². The Bertz CT molecular complexity index is 678. The minimum atomic E-state index is -0.404. The summed E-state index contributed by atoms with van der Waals surface area (Å²) in [6.07, 6.45) is 7.13. The second-order valence-corrected chi connectivity index (χ2v) is 6.97. The first kappa shape index (κ1) is 16.6. The summed E-state index contributed by atoms with van der Waals surface area (Å²) in [5.41, 5.74) is 7.93. The summed E-state index contributed by atoms with van der Waals surface area (Å²) in [4.78, 5) is 16.6. The molecule has 1 saturated carbocycles. The number of hydrogen-bond acceptors (Lipinski definition) is 4. The first-order valence-electron chi connectivity index (χ1n) is 8.51. The van der Waals surface area contributed by atoms with Crippen LogP contribution in [-0.2, 0) is 4.79 Å². The number of carbonyl (C=O) groups is 1. The smallest absolute Gasteiger partial charge is 0.225 e. The molecule has 0 aliphatic heterocycles. The van der Waals surface area contributed by atoms with Gasteiger partial charge in [0, 0.05) is 5.54 Å². The lowest BCUT2D eigenvalue weighted by Crippen LogP contribution is -2.53. The molecule has 24 heavy (non-hydrogen) atoms. The van der Waals surface area contributed by atoms with Crippen molar-refractivity contribution in [3.05, 3.63) is 42.5 Å². The summed E-state index contributed by atoms with van der Waals surface area (Å²) in [7, 11) is 0. The lowest BCUT2D eigenvalue weighted by Gasteiger charge is -2.37. The summed E-state index contributed by atoms with van der Waals surface area (Å²) in [6, 6.07) is 7.90. The summed E-state index contributed by atoms with van der Waals surface area (Å²) in [5, 5.41) is 7.23. The van der Waals surface area contributed by atoms with Gasteiger partial charge in [0.15, 0.2) is 0 Å². The quantitative estimate of drug-likeness (QED) is 0.902. The van der Waals surface area contributed by atoms with Crippen LogP contribution in [0, 0.1) is 5.92 Å². The monoisotopic (exact) mass is 327 g/mol. The third-order valence-corrected chi connectivity index (χ3v) is 5.01. The van der Waals surface area contributed by atoms with Gasteiger partial charge in [0.25, 0.3) is 0 Å². The molecular weight excluding hydrogens is 302 g/mol. The first-order valence-corrected chi connectivity index (χ1v) is 8.51. The second kappa shape index (κ2) is 6.73. The molecule has 1 aromatic carbocycles. The van der Waals surface area contributed by atoms with Crippen LogP contribution in [0.5, 0.6) is 0 Å². The van der Waals surface area contributed by atoms with E-state index >= 15 is 0 Å². The lowest BCUT2D eigenvalue weighted by atomic mass is 9.74. The number of nitrogens with two attached hydrogens (primary N) is 1. The van der Waals surface area contributed by atoms with Crippen molar-refractivity contribution >= 4 is 5.91 Å². The molecule has 0 bridgehead atoms. The molecule has 1 aliphatic rings. The fraction of sp³-hybridized carbons (Fsp3) is 0.500. The fourth-order valence-corrected chi connectivity index (χ4v) is 3.44. The maximum atomic E-state index is 12.6. The van der Waals surface area contributed by atoms with E-state index in [1.807, 2.05) is 38.1 Å². The van der Waals surface area contributed by atoms with Crippen molar-refractivity contribution in [1.29, 1.82) is 0 Å². The van der Waals surface area contributed by atoms with Crippen molar-refractivity contribution in [2.24, 2.45) is 11.7 Å². The molecule has 1 aromatic heterocycles. The minimum absolute atomic E-state index is 0.0555. The Morgan fingerprint density at radius 1 is 1.38 bits per heavy atom. The molecule has 2 aromatic rings. The third-order valence-electron chi connectivity index (χ3n) is 5.01. The number of amides is 1. The van der Waals surface area contributed by atoms with E-state index in [1.54, 1.807) is 11.0 Å². The second-order valence-electron chi connectivity index (χ2n) is 6.97. The van der Waals surface area contributed by atoms with Crippen molar-refractivity contribution < 1.29 is 4.79 Å². The molecule has 3 atom stereocenters. The van der Waals surface area contributed by atoms with Gasteiger partial charge in [-0.15, -0.1) is 0 Å². The predicted octanol–water partition coefficient (Wildman–Crippen LogP) is 2.35. The van der Waals surface area contributed by atoms with Crippen LogP contribution in [0.1, 0.15) is 51.1 Å². The largest absolute Gasteiger partial charge is 0.349 e. The summed E-state index contributed by atoms with van der Waals surface area (Å²) in [5.74, 6) is -0.0457. The van der Waals surface area contributed by atoms with Gasteiger partial charge in [-0.3, -0.25) is 4.79 Å². The molecule has 3 N–H and O–H groups in total.